The van der Waals surface area contributed by atoms with Gasteiger partial charge in [-0.1, -0.05) is 145 Å². The Morgan fingerprint density at radius 2 is 0.879 bits per heavy atom. The van der Waals surface area contributed by atoms with E-state index in [9.17, 15) is 0 Å². The van der Waals surface area contributed by atoms with Crippen LogP contribution in [0.3, 0.4) is 0 Å². The summed E-state index contributed by atoms with van der Waals surface area (Å²) < 4.78 is 0. The first-order valence-electron chi connectivity index (χ1n) is 10.9. The largest absolute Gasteiger partial charge is 0.0843 e. The highest BCUT2D eigenvalue weighted by Gasteiger charge is 2.39. The summed E-state index contributed by atoms with van der Waals surface area (Å²) in [5.74, 6) is 0. The van der Waals surface area contributed by atoms with Crippen molar-refractivity contribution in [2.24, 2.45) is 0 Å². The molecule has 0 amide bonds. The second-order valence-corrected chi connectivity index (χ2v) is 8.89. The maximum atomic E-state index is 6.91. The van der Waals surface area contributed by atoms with Gasteiger partial charge in [-0.2, -0.15) is 0 Å². The van der Waals surface area contributed by atoms with Gasteiger partial charge in [-0.3, -0.25) is 0 Å². The predicted molar refractivity (Wildman–Crippen MR) is 140 cm³/mol. The molecule has 2 heteroatoms. The van der Waals surface area contributed by atoms with Gasteiger partial charge >= 0.3 is 0 Å². The van der Waals surface area contributed by atoms with Crippen LogP contribution in [0.2, 0.25) is 10.0 Å². The smallest absolute Gasteiger partial charge is 0.0716 e. The van der Waals surface area contributed by atoms with Gasteiger partial charge in [-0.05, 0) is 45.5 Å². The van der Waals surface area contributed by atoms with Gasteiger partial charge in [0.15, 0.2) is 0 Å². The average Bonchev–Trinajstić information content (AvgIpc) is 2.88. The van der Waals surface area contributed by atoms with E-state index in [0.717, 1.165) is 22.3 Å². The SMILES string of the molecule is Clc1ccc(C(c2ccccc2)(c2ccccc2)c2ccc(-c3ccccc3)cc2)c(Cl)c1. The molecule has 160 valence electrons. The van der Waals surface area contributed by atoms with Crippen LogP contribution < -0.4 is 0 Å². The Morgan fingerprint density at radius 1 is 0.424 bits per heavy atom. The highest BCUT2D eigenvalue weighted by atomic mass is 35.5. The molecule has 0 aliphatic rings. The molecule has 0 bridgehead atoms. The predicted octanol–water partition coefficient (Wildman–Crippen LogP) is 9.04. The highest BCUT2D eigenvalue weighted by molar-refractivity contribution is 6.35. The van der Waals surface area contributed by atoms with Crippen LogP contribution >= 0.6 is 23.2 Å². The molecule has 0 saturated carbocycles. The van der Waals surface area contributed by atoms with Gasteiger partial charge in [0.25, 0.3) is 0 Å². The van der Waals surface area contributed by atoms with Gasteiger partial charge in [0.05, 0.1) is 5.41 Å². The van der Waals surface area contributed by atoms with Crippen molar-refractivity contribution in [3.05, 3.63) is 166 Å². The molecule has 33 heavy (non-hydrogen) atoms. The third kappa shape index (κ3) is 3.97. The van der Waals surface area contributed by atoms with Gasteiger partial charge in [0, 0.05) is 10.0 Å². The first-order valence-corrected chi connectivity index (χ1v) is 11.7. The quantitative estimate of drug-likeness (QED) is 0.227. The van der Waals surface area contributed by atoms with Gasteiger partial charge in [-0.15, -0.1) is 0 Å². The van der Waals surface area contributed by atoms with E-state index in [1.54, 1.807) is 0 Å². The summed E-state index contributed by atoms with van der Waals surface area (Å²) in [4.78, 5) is 0. The third-order valence-corrected chi connectivity index (χ3v) is 6.72. The van der Waals surface area contributed by atoms with Crippen molar-refractivity contribution < 1.29 is 0 Å². The van der Waals surface area contributed by atoms with Crippen LogP contribution in [0.1, 0.15) is 22.3 Å². The van der Waals surface area contributed by atoms with E-state index < -0.39 is 5.41 Å². The summed E-state index contributed by atoms with van der Waals surface area (Å²) in [6.45, 7) is 0. The first kappa shape index (κ1) is 21.5. The lowest BCUT2D eigenvalue weighted by Crippen LogP contribution is -2.31. The summed E-state index contributed by atoms with van der Waals surface area (Å²) in [6.07, 6.45) is 0. The number of halogens is 2. The number of hydrogen-bond donors (Lipinski definition) is 0. The third-order valence-electron chi connectivity index (χ3n) is 6.17. The lowest BCUT2D eigenvalue weighted by Gasteiger charge is -2.37. The van der Waals surface area contributed by atoms with E-state index in [2.05, 4.69) is 103 Å². The summed E-state index contributed by atoms with van der Waals surface area (Å²) in [5, 5.41) is 1.26. The van der Waals surface area contributed by atoms with Crippen molar-refractivity contribution in [2.75, 3.05) is 0 Å². The summed E-state index contributed by atoms with van der Waals surface area (Å²) in [7, 11) is 0. The van der Waals surface area contributed by atoms with Crippen LogP contribution in [0, 0.1) is 0 Å². The molecule has 0 spiro atoms. The molecule has 0 aliphatic carbocycles. The molecular weight excluding hydrogens is 443 g/mol. The highest BCUT2D eigenvalue weighted by Crippen LogP contribution is 2.48. The Morgan fingerprint density at radius 3 is 1.39 bits per heavy atom. The average molecular weight is 465 g/mol. The molecule has 0 aromatic heterocycles. The Labute approximate surface area is 205 Å². The minimum Gasteiger partial charge on any atom is -0.0843 e. The Hall–Kier alpha value is -3.32. The molecule has 5 rings (SSSR count). The second kappa shape index (κ2) is 9.27. The van der Waals surface area contributed by atoms with E-state index in [1.807, 2.05) is 30.3 Å². The van der Waals surface area contributed by atoms with Crippen molar-refractivity contribution in [1.82, 2.24) is 0 Å². The number of hydrogen-bond acceptors (Lipinski definition) is 0. The fourth-order valence-electron chi connectivity index (χ4n) is 4.68. The zero-order valence-electron chi connectivity index (χ0n) is 18.0. The zero-order valence-corrected chi connectivity index (χ0v) is 19.5. The van der Waals surface area contributed by atoms with Crippen LogP contribution in [-0.2, 0) is 5.41 Å². The van der Waals surface area contributed by atoms with Crippen molar-refractivity contribution in [3.8, 4) is 11.1 Å². The molecule has 0 radical (unpaired) electrons. The van der Waals surface area contributed by atoms with E-state index in [4.69, 9.17) is 23.2 Å². The number of rotatable bonds is 5. The molecule has 0 N–H and O–H groups in total. The monoisotopic (exact) mass is 464 g/mol. The van der Waals surface area contributed by atoms with E-state index in [-0.39, 0.29) is 0 Å². The number of benzene rings is 5. The molecule has 0 nitrogen and oxygen atoms in total. The first-order chi connectivity index (χ1) is 16.2. The van der Waals surface area contributed by atoms with Crippen molar-refractivity contribution >= 4 is 23.2 Å². The van der Waals surface area contributed by atoms with Crippen LogP contribution in [0.15, 0.2) is 133 Å². The minimum absolute atomic E-state index is 0.598. The standard InChI is InChI=1S/C31H22Cl2/c32-28-20-21-29(30(33)22-28)31(25-12-6-2-7-13-25,26-14-8-3-9-15-26)27-18-16-24(17-19-27)23-10-4-1-5-11-23/h1-22H. The van der Waals surface area contributed by atoms with Crippen LogP contribution in [0.4, 0.5) is 0 Å². The Balaban J connectivity index is 1.82. The summed E-state index contributed by atoms with van der Waals surface area (Å²) >= 11 is 13.2. The zero-order chi connectivity index (χ0) is 22.7. The second-order valence-electron chi connectivity index (χ2n) is 8.05. The molecule has 0 aliphatic heterocycles. The van der Waals surface area contributed by atoms with E-state index >= 15 is 0 Å². The molecule has 0 saturated heterocycles. The molecule has 0 atom stereocenters. The van der Waals surface area contributed by atoms with Crippen molar-refractivity contribution in [3.63, 3.8) is 0 Å². The Bertz CT molecular complexity index is 1300. The minimum atomic E-state index is -0.598. The van der Waals surface area contributed by atoms with Crippen LogP contribution in [0.5, 0.6) is 0 Å². The normalized spacial score (nSPS) is 11.3. The Kier molecular flexibility index (Phi) is 6.05. The molecule has 0 unspecified atom stereocenters. The molecular formula is C31H22Cl2. The summed E-state index contributed by atoms with van der Waals surface area (Å²) in [6, 6.07) is 46.1. The molecule has 5 aromatic carbocycles. The molecule has 0 heterocycles. The molecule has 0 fully saturated rings. The maximum absolute atomic E-state index is 6.91. The lowest BCUT2D eigenvalue weighted by atomic mass is 9.65. The fourth-order valence-corrected chi connectivity index (χ4v) is 5.23. The van der Waals surface area contributed by atoms with Crippen molar-refractivity contribution in [2.45, 2.75) is 5.41 Å². The van der Waals surface area contributed by atoms with Crippen LogP contribution in [-0.4, -0.2) is 0 Å². The maximum Gasteiger partial charge on any atom is 0.0716 e. The van der Waals surface area contributed by atoms with Gasteiger partial charge in [0.2, 0.25) is 0 Å². The van der Waals surface area contributed by atoms with Crippen molar-refractivity contribution in [1.29, 1.82) is 0 Å². The van der Waals surface area contributed by atoms with Gasteiger partial charge in [0.1, 0.15) is 0 Å². The topological polar surface area (TPSA) is 0 Å². The van der Waals surface area contributed by atoms with E-state index in [1.165, 1.54) is 11.1 Å². The molecule has 5 aromatic rings. The fraction of sp³-hybridized carbons (Fsp3) is 0.0323. The lowest BCUT2D eigenvalue weighted by molar-refractivity contribution is 0.745. The van der Waals surface area contributed by atoms with E-state index in [0.29, 0.717) is 10.0 Å². The van der Waals surface area contributed by atoms with Crippen LogP contribution in [0.25, 0.3) is 11.1 Å². The summed E-state index contributed by atoms with van der Waals surface area (Å²) in [5.41, 5.74) is 6.21. The van der Waals surface area contributed by atoms with Gasteiger partial charge in [-0.25, -0.2) is 0 Å². The van der Waals surface area contributed by atoms with Gasteiger partial charge < -0.3 is 0 Å².